The molecule has 1 heterocycles. The molecule has 3 amide bonds. The molecule has 0 unspecified atom stereocenters. The van der Waals surface area contributed by atoms with Gasteiger partial charge in [-0.3, -0.25) is 9.59 Å². The number of anilines is 1. The van der Waals surface area contributed by atoms with Gasteiger partial charge in [-0.25, -0.2) is 18.0 Å². The van der Waals surface area contributed by atoms with Gasteiger partial charge in [0.15, 0.2) is 0 Å². The third-order valence-corrected chi connectivity index (χ3v) is 10.8. The van der Waals surface area contributed by atoms with Crippen LogP contribution in [0.4, 0.5) is 10.5 Å². The number of esters is 1. The summed E-state index contributed by atoms with van der Waals surface area (Å²) in [5.41, 5.74) is 2.20. The van der Waals surface area contributed by atoms with Gasteiger partial charge in [0.05, 0.1) is 12.0 Å². The van der Waals surface area contributed by atoms with Gasteiger partial charge < -0.3 is 25.0 Å². The van der Waals surface area contributed by atoms with Crippen LogP contribution in [0.5, 0.6) is 0 Å². The van der Waals surface area contributed by atoms with Crippen molar-refractivity contribution in [1.82, 2.24) is 14.5 Å². The van der Waals surface area contributed by atoms with E-state index in [4.69, 9.17) is 9.47 Å². The number of carbonyl (C=O) groups is 4. The molecule has 51 heavy (non-hydrogen) atoms. The molecule has 2 N–H and O–H groups in total. The Kier molecular flexibility index (Phi) is 13.0. The first-order valence-corrected chi connectivity index (χ1v) is 18.3. The summed E-state index contributed by atoms with van der Waals surface area (Å²) in [7, 11) is -1.47. The number of likely N-dealkylation sites (tertiary alicyclic amines) is 1. The molecule has 274 valence electrons. The third-order valence-electron chi connectivity index (χ3n) is 8.92. The first kappa shape index (κ1) is 39.0. The Morgan fingerprint density at radius 1 is 0.902 bits per heavy atom. The Morgan fingerprint density at radius 2 is 1.51 bits per heavy atom. The molecule has 3 aromatic carbocycles. The molecule has 4 rings (SSSR count). The first-order valence-electron chi connectivity index (χ1n) is 16.9. The van der Waals surface area contributed by atoms with Gasteiger partial charge in [0.25, 0.3) is 0 Å². The Bertz CT molecular complexity index is 1770. The lowest BCUT2D eigenvalue weighted by molar-refractivity contribution is -0.146. The fourth-order valence-electron chi connectivity index (χ4n) is 6.04. The van der Waals surface area contributed by atoms with Crippen molar-refractivity contribution in [2.24, 2.45) is 11.3 Å². The van der Waals surface area contributed by atoms with Crippen molar-refractivity contribution in [2.75, 3.05) is 32.6 Å². The average Bonchev–Trinajstić information content (AvgIpc) is 3.10. The van der Waals surface area contributed by atoms with Gasteiger partial charge in [-0.15, -0.1) is 0 Å². The standard InChI is InChI=1S/C38H48N4O8S/c1-26-12-18-31(19-13-26)51(47,48)41(5)33(38(2,3)4)35(44)40-32(36(45)49-6)24-27-14-16-30(17-15-27)39-34(43)29-20-22-42(23-21-29)37(46)50-25-28-10-8-7-9-11-28/h7-19,29,32-33H,20-25H2,1-6H3,(H,39,43)(H,40,44)/t32-,33+/m0/s1. The number of hydrogen-bond acceptors (Lipinski definition) is 8. The molecule has 1 saturated heterocycles. The Hall–Kier alpha value is -4.75. The highest BCUT2D eigenvalue weighted by atomic mass is 32.2. The summed E-state index contributed by atoms with van der Waals surface area (Å²) in [4.78, 5) is 53.8. The molecule has 0 bridgehead atoms. The molecule has 2 atom stereocenters. The smallest absolute Gasteiger partial charge is 0.410 e. The van der Waals surface area contributed by atoms with Crippen molar-refractivity contribution in [3.05, 3.63) is 95.6 Å². The number of piperidine rings is 1. The van der Waals surface area contributed by atoms with Crippen LogP contribution in [0.15, 0.2) is 83.8 Å². The number of nitrogens with zero attached hydrogens (tertiary/aromatic N) is 2. The fourth-order valence-corrected chi connectivity index (χ4v) is 7.55. The lowest BCUT2D eigenvalue weighted by Crippen LogP contribution is -2.57. The highest BCUT2D eigenvalue weighted by Gasteiger charge is 2.42. The molecule has 12 nitrogen and oxygen atoms in total. The van der Waals surface area contributed by atoms with Gasteiger partial charge in [0.1, 0.15) is 18.7 Å². The van der Waals surface area contributed by atoms with Crippen LogP contribution in [0, 0.1) is 18.3 Å². The maximum absolute atomic E-state index is 13.8. The maximum Gasteiger partial charge on any atom is 0.410 e. The van der Waals surface area contributed by atoms with Crippen molar-refractivity contribution in [1.29, 1.82) is 0 Å². The SMILES string of the molecule is COC(=O)[C@H](Cc1ccc(NC(=O)C2CCN(C(=O)OCc3ccccc3)CC2)cc1)NC(=O)[C@@H](N(C)S(=O)(=O)c1ccc(C)cc1)C(C)(C)C. The third kappa shape index (κ3) is 10.4. The summed E-state index contributed by atoms with van der Waals surface area (Å²) in [6, 6.07) is 20.4. The summed E-state index contributed by atoms with van der Waals surface area (Å²) in [5, 5.41) is 5.65. The summed E-state index contributed by atoms with van der Waals surface area (Å²) in [6.45, 7) is 8.12. The summed E-state index contributed by atoms with van der Waals surface area (Å²) in [6.07, 6.45) is 0.670. The predicted molar refractivity (Wildman–Crippen MR) is 193 cm³/mol. The first-order chi connectivity index (χ1) is 24.1. The summed E-state index contributed by atoms with van der Waals surface area (Å²) < 4.78 is 38.5. The van der Waals surface area contributed by atoms with Gasteiger partial charge in [0, 0.05) is 38.2 Å². The van der Waals surface area contributed by atoms with E-state index < -0.39 is 45.5 Å². The number of ether oxygens (including phenoxy) is 2. The number of likely N-dealkylation sites (N-methyl/N-ethyl adjacent to an activating group) is 1. The quantitative estimate of drug-likeness (QED) is 0.251. The minimum absolute atomic E-state index is 0.0547. The van der Waals surface area contributed by atoms with Gasteiger partial charge >= 0.3 is 12.1 Å². The van der Waals surface area contributed by atoms with E-state index in [0.717, 1.165) is 15.4 Å². The van der Waals surface area contributed by atoms with Crippen LogP contribution < -0.4 is 10.6 Å². The van der Waals surface area contributed by atoms with Crippen molar-refractivity contribution >= 4 is 39.6 Å². The van der Waals surface area contributed by atoms with Crippen LogP contribution in [-0.2, 0) is 46.9 Å². The molecule has 0 spiro atoms. The monoisotopic (exact) mass is 720 g/mol. The van der Waals surface area contributed by atoms with Crippen molar-refractivity contribution in [2.45, 2.75) is 70.5 Å². The van der Waals surface area contributed by atoms with Crippen molar-refractivity contribution in [3.63, 3.8) is 0 Å². The number of benzene rings is 3. The normalized spacial score (nSPS) is 15.1. The van der Waals surface area contributed by atoms with Crippen LogP contribution >= 0.6 is 0 Å². The van der Waals surface area contributed by atoms with E-state index in [-0.39, 0.29) is 29.7 Å². The molecule has 0 radical (unpaired) electrons. The number of carbonyl (C=O) groups excluding carboxylic acids is 4. The van der Waals surface area contributed by atoms with E-state index in [1.54, 1.807) is 62.1 Å². The molecular formula is C38H48N4O8S. The number of nitrogens with one attached hydrogen (secondary N) is 2. The minimum Gasteiger partial charge on any atom is -0.467 e. The number of sulfonamides is 1. The van der Waals surface area contributed by atoms with Crippen molar-refractivity contribution < 1.29 is 37.1 Å². The second kappa shape index (κ2) is 17.0. The van der Waals surface area contributed by atoms with Gasteiger partial charge in [0.2, 0.25) is 21.8 Å². The lowest BCUT2D eigenvalue weighted by Gasteiger charge is -2.36. The zero-order chi connectivity index (χ0) is 37.3. The zero-order valence-electron chi connectivity index (χ0n) is 30.0. The molecule has 1 aliphatic heterocycles. The van der Waals surface area contributed by atoms with Crippen LogP contribution in [0.1, 0.15) is 50.3 Å². The molecular weight excluding hydrogens is 673 g/mol. The van der Waals surface area contributed by atoms with E-state index >= 15 is 0 Å². The van der Waals surface area contributed by atoms with Gasteiger partial charge in [-0.05, 0) is 60.6 Å². The second-order valence-corrected chi connectivity index (χ2v) is 15.9. The molecule has 13 heteroatoms. The maximum atomic E-state index is 13.8. The van der Waals surface area contributed by atoms with Crippen LogP contribution in [-0.4, -0.2) is 80.8 Å². The number of methoxy groups -OCH3 is 1. The Balaban J connectivity index is 1.34. The second-order valence-electron chi connectivity index (χ2n) is 13.9. The van der Waals surface area contributed by atoms with Crippen LogP contribution in [0.3, 0.4) is 0 Å². The molecule has 0 aromatic heterocycles. The molecule has 1 fully saturated rings. The number of hydrogen-bond donors (Lipinski definition) is 2. The zero-order valence-corrected chi connectivity index (χ0v) is 30.9. The molecule has 3 aromatic rings. The molecule has 1 aliphatic rings. The largest absolute Gasteiger partial charge is 0.467 e. The highest BCUT2D eigenvalue weighted by Crippen LogP contribution is 2.29. The van der Waals surface area contributed by atoms with Crippen LogP contribution in [0.25, 0.3) is 0 Å². The topological polar surface area (TPSA) is 151 Å². The number of amides is 3. The fraction of sp³-hybridized carbons (Fsp3) is 0.421. The van der Waals surface area contributed by atoms with E-state index in [1.165, 1.54) is 26.3 Å². The highest BCUT2D eigenvalue weighted by molar-refractivity contribution is 7.89. The number of rotatable bonds is 12. The number of aryl methyl sites for hydroxylation is 1. The Morgan fingerprint density at radius 3 is 2.08 bits per heavy atom. The van der Waals surface area contributed by atoms with E-state index in [0.29, 0.717) is 37.2 Å². The van der Waals surface area contributed by atoms with E-state index in [2.05, 4.69) is 10.6 Å². The van der Waals surface area contributed by atoms with E-state index in [9.17, 15) is 27.6 Å². The lowest BCUT2D eigenvalue weighted by atomic mass is 9.86. The minimum atomic E-state index is -4.05. The summed E-state index contributed by atoms with van der Waals surface area (Å²) >= 11 is 0. The Labute approximate surface area is 300 Å². The van der Waals surface area contributed by atoms with Crippen molar-refractivity contribution in [3.8, 4) is 0 Å². The molecule has 0 saturated carbocycles. The van der Waals surface area contributed by atoms with E-state index in [1.807, 2.05) is 37.3 Å². The van der Waals surface area contributed by atoms with Crippen LogP contribution in [0.2, 0.25) is 0 Å². The average molecular weight is 721 g/mol. The molecule has 0 aliphatic carbocycles. The van der Waals surface area contributed by atoms with Gasteiger partial charge in [-0.1, -0.05) is 80.9 Å². The van der Waals surface area contributed by atoms with Gasteiger partial charge in [-0.2, -0.15) is 4.31 Å². The predicted octanol–water partition coefficient (Wildman–Crippen LogP) is 4.92. The summed E-state index contributed by atoms with van der Waals surface area (Å²) in [5.74, 6) is -1.76.